The summed E-state index contributed by atoms with van der Waals surface area (Å²) in [5.74, 6) is 5.79. The second-order valence-corrected chi connectivity index (χ2v) is 6.06. The van der Waals surface area contributed by atoms with E-state index in [2.05, 4.69) is 5.43 Å². The summed E-state index contributed by atoms with van der Waals surface area (Å²) in [6.07, 6.45) is 5.37. The summed E-state index contributed by atoms with van der Waals surface area (Å²) in [5, 5.41) is 0. The molecule has 0 bridgehead atoms. The van der Waals surface area contributed by atoms with Crippen LogP contribution in [0.25, 0.3) is 0 Å². The van der Waals surface area contributed by atoms with Crippen LogP contribution in [0.2, 0.25) is 0 Å². The van der Waals surface area contributed by atoms with E-state index in [1.165, 1.54) is 18.6 Å². The number of nitrogen functional groups attached to an aromatic ring is 1. The predicted molar refractivity (Wildman–Crippen MR) is 76.1 cm³/mol. The number of nitrogens with one attached hydrogen (secondary N) is 1. The Morgan fingerprint density at radius 3 is 2.85 bits per heavy atom. The maximum atomic E-state index is 13.5. The molecule has 1 heterocycles. The molecule has 5 N–H and O–H groups in total. The third-order valence-electron chi connectivity index (χ3n) is 4.83. The molecule has 2 aliphatic rings. The molecule has 0 aromatic heterocycles. The zero-order chi connectivity index (χ0) is 14.2. The standard InChI is InChI=1S/C15H22FN3O/c16-11-2-3-13(17)12(8-11)14(19-18)10-4-7-20-15(9-10)5-1-6-15/h2-3,8,10,14,19H,1,4-7,9,17-18H2. The molecule has 1 saturated carbocycles. The van der Waals surface area contributed by atoms with Crippen LogP contribution in [-0.4, -0.2) is 12.2 Å². The van der Waals surface area contributed by atoms with Crippen LogP contribution in [0.5, 0.6) is 0 Å². The van der Waals surface area contributed by atoms with Gasteiger partial charge in [-0.25, -0.2) is 4.39 Å². The first kappa shape index (κ1) is 13.8. The van der Waals surface area contributed by atoms with Gasteiger partial charge in [0.25, 0.3) is 0 Å². The van der Waals surface area contributed by atoms with E-state index >= 15 is 0 Å². The van der Waals surface area contributed by atoms with Crippen molar-refractivity contribution in [1.82, 2.24) is 5.43 Å². The van der Waals surface area contributed by atoms with E-state index in [4.69, 9.17) is 16.3 Å². The molecule has 1 aliphatic carbocycles. The summed E-state index contributed by atoms with van der Waals surface area (Å²) < 4.78 is 19.4. The number of halogens is 1. The maximum absolute atomic E-state index is 13.5. The molecular weight excluding hydrogens is 257 g/mol. The fourth-order valence-electron chi connectivity index (χ4n) is 3.56. The number of hydrogen-bond acceptors (Lipinski definition) is 4. The van der Waals surface area contributed by atoms with Gasteiger partial charge in [0.1, 0.15) is 5.82 Å². The van der Waals surface area contributed by atoms with Crippen molar-refractivity contribution in [3.8, 4) is 0 Å². The molecule has 1 aliphatic heterocycles. The number of benzene rings is 1. The van der Waals surface area contributed by atoms with E-state index < -0.39 is 0 Å². The van der Waals surface area contributed by atoms with Crippen molar-refractivity contribution in [3.05, 3.63) is 29.6 Å². The third-order valence-corrected chi connectivity index (χ3v) is 4.83. The molecule has 2 atom stereocenters. The number of rotatable bonds is 3. The lowest BCUT2D eigenvalue weighted by Crippen LogP contribution is -2.48. The molecule has 1 aromatic carbocycles. The Kier molecular flexibility index (Phi) is 3.67. The lowest BCUT2D eigenvalue weighted by molar-refractivity contribution is -0.147. The number of ether oxygens (including phenoxy) is 1. The molecule has 3 rings (SSSR count). The van der Waals surface area contributed by atoms with Gasteiger partial charge in [0.15, 0.2) is 0 Å². The van der Waals surface area contributed by atoms with Crippen LogP contribution in [0, 0.1) is 11.7 Å². The Bertz CT molecular complexity index is 490. The van der Waals surface area contributed by atoms with Gasteiger partial charge in [0.2, 0.25) is 0 Å². The van der Waals surface area contributed by atoms with E-state index in [0.717, 1.165) is 37.9 Å². The fourth-order valence-corrected chi connectivity index (χ4v) is 3.56. The minimum absolute atomic E-state index is 0.0418. The summed E-state index contributed by atoms with van der Waals surface area (Å²) in [4.78, 5) is 0. The zero-order valence-corrected chi connectivity index (χ0v) is 11.6. The number of nitrogens with two attached hydrogens (primary N) is 2. The van der Waals surface area contributed by atoms with Gasteiger partial charge in [0.05, 0.1) is 11.6 Å². The Morgan fingerprint density at radius 2 is 2.20 bits per heavy atom. The average molecular weight is 279 g/mol. The molecular formula is C15H22FN3O. The third kappa shape index (κ3) is 2.41. The van der Waals surface area contributed by atoms with Crippen molar-refractivity contribution in [3.63, 3.8) is 0 Å². The van der Waals surface area contributed by atoms with Crippen LogP contribution >= 0.6 is 0 Å². The molecule has 20 heavy (non-hydrogen) atoms. The van der Waals surface area contributed by atoms with Crippen molar-refractivity contribution < 1.29 is 9.13 Å². The Labute approximate surface area is 118 Å². The van der Waals surface area contributed by atoms with Crippen molar-refractivity contribution in [2.24, 2.45) is 11.8 Å². The Hall–Kier alpha value is -1.17. The molecule has 1 spiro atoms. The second-order valence-electron chi connectivity index (χ2n) is 6.06. The van der Waals surface area contributed by atoms with Crippen LogP contribution in [-0.2, 0) is 4.74 Å². The van der Waals surface area contributed by atoms with Gasteiger partial charge in [-0.3, -0.25) is 11.3 Å². The van der Waals surface area contributed by atoms with Crippen molar-refractivity contribution in [2.45, 2.75) is 43.7 Å². The number of hydrazine groups is 1. The largest absolute Gasteiger partial charge is 0.398 e. The molecule has 2 unspecified atom stereocenters. The average Bonchev–Trinajstić information content (AvgIpc) is 2.42. The van der Waals surface area contributed by atoms with Crippen LogP contribution < -0.4 is 17.0 Å². The highest BCUT2D eigenvalue weighted by Crippen LogP contribution is 2.47. The molecule has 0 amide bonds. The van der Waals surface area contributed by atoms with Crippen LogP contribution in [0.4, 0.5) is 10.1 Å². The van der Waals surface area contributed by atoms with Crippen molar-refractivity contribution in [2.75, 3.05) is 12.3 Å². The molecule has 0 radical (unpaired) electrons. The molecule has 1 aromatic rings. The van der Waals surface area contributed by atoms with E-state index in [-0.39, 0.29) is 17.5 Å². The van der Waals surface area contributed by atoms with Gasteiger partial charge in [0, 0.05) is 12.3 Å². The summed E-state index contributed by atoms with van der Waals surface area (Å²) in [5.41, 5.74) is 10.2. The minimum Gasteiger partial charge on any atom is -0.398 e. The lowest BCUT2D eigenvalue weighted by atomic mass is 9.69. The van der Waals surface area contributed by atoms with Gasteiger partial charge in [-0.2, -0.15) is 0 Å². The highest BCUT2D eigenvalue weighted by Gasteiger charge is 2.44. The minimum atomic E-state index is -0.278. The van der Waals surface area contributed by atoms with Crippen molar-refractivity contribution >= 4 is 5.69 Å². The number of anilines is 1. The van der Waals surface area contributed by atoms with Gasteiger partial charge >= 0.3 is 0 Å². The smallest absolute Gasteiger partial charge is 0.123 e. The van der Waals surface area contributed by atoms with Gasteiger partial charge in [-0.1, -0.05) is 0 Å². The highest BCUT2D eigenvalue weighted by atomic mass is 19.1. The first-order valence-corrected chi connectivity index (χ1v) is 7.29. The number of hydrogen-bond donors (Lipinski definition) is 3. The van der Waals surface area contributed by atoms with E-state index in [1.807, 2.05) is 0 Å². The van der Waals surface area contributed by atoms with Crippen LogP contribution in [0.15, 0.2) is 18.2 Å². The predicted octanol–water partition coefficient (Wildman–Crippen LogP) is 2.26. The van der Waals surface area contributed by atoms with Crippen LogP contribution in [0.1, 0.15) is 43.7 Å². The Morgan fingerprint density at radius 1 is 1.40 bits per heavy atom. The second kappa shape index (κ2) is 5.31. The monoisotopic (exact) mass is 279 g/mol. The van der Waals surface area contributed by atoms with Crippen molar-refractivity contribution in [1.29, 1.82) is 0 Å². The summed E-state index contributed by atoms with van der Waals surface area (Å²) in [7, 11) is 0. The topological polar surface area (TPSA) is 73.3 Å². The molecule has 1 saturated heterocycles. The van der Waals surface area contributed by atoms with Gasteiger partial charge in [-0.15, -0.1) is 0 Å². The summed E-state index contributed by atoms with van der Waals surface area (Å²) in [6.45, 7) is 0.748. The molecule has 2 fully saturated rings. The fraction of sp³-hybridized carbons (Fsp3) is 0.600. The highest BCUT2D eigenvalue weighted by molar-refractivity contribution is 5.48. The normalized spacial score (nSPS) is 26.2. The summed E-state index contributed by atoms with van der Waals surface area (Å²) >= 11 is 0. The molecule has 4 nitrogen and oxygen atoms in total. The first-order valence-electron chi connectivity index (χ1n) is 7.29. The lowest BCUT2D eigenvalue weighted by Gasteiger charge is -2.48. The SMILES string of the molecule is NNC(c1cc(F)ccc1N)C1CCOC2(CCC2)C1. The first-order chi connectivity index (χ1) is 9.63. The van der Waals surface area contributed by atoms with Gasteiger partial charge in [-0.05, 0) is 61.8 Å². The van der Waals surface area contributed by atoms with E-state index in [9.17, 15) is 4.39 Å². The van der Waals surface area contributed by atoms with E-state index in [1.54, 1.807) is 6.07 Å². The van der Waals surface area contributed by atoms with Crippen LogP contribution in [0.3, 0.4) is 0 Å². The van der Waals surface area contributed by atoms with Gasteiger partial charge < -0.3 is 10.5 Å². The Balaban J connectivity index is 1.83. The maximum Gasteiger partial charge on any atom is 0.123 e. The van der Waals surface area contributed by atoms with E-state index in [0.29, 0.717) is 11.6 Å². The summed E-state index contributed by atoms with van der Waals surface area (Å²) in [6, 6.07) is 4.35. The zero-order valence-electron chi connectivity index (χ0n) is 11.6. The molecule has 5 heteroatoms. The quantitative estimate of drug-likeness (QED) is 0.451. The molecule has 110 valence electrons.